The third-order valence-electron chi connectivity index (χ3n) is 6.91. The molecule has 2 heterocycles. The highest BCUT2D eigenvalue weighted by Crippen LogP contribution is 2.49. The average Bonchev–Trinajstić information content (AvgIpc) is 3.78. The van der Waals surface area contributed by atoms with E-state index in [1.807, 2.05) is 0 Å². The number of fused-ring (bicyclic) bond motifs is 1. The molecule has 0 amide bonds. The van der Waals surface area contributed by atoms with E-state index in [1.165, 1.54) is 25.6 Å². The van der Waals surface area contributed by atoms with Crippen molar-refractivity contribution in [2.24, 2.45) is 5.41 Å². The van der Waals surface area contributed by atoms with Crippen molar-refractivity contribution in [3.63, 3.8) is 0 Å². The first-order valence-electron chi connectivity index (χ1n) is 12.9. The number of nitrogens with zero attached hydrogens (tertiary/aromatic N) is 3. The zero-order chi connectivity index (χ0) is 29.0. The standard InChI is InChI=1S/C30H27ClFN3O6/c1-38-11-12-40-24-16-22-27(35-28(24)39-2)29(34-17-33-22)41-23-8-5-19(13-21(23)31)15-26(37)30(9-10-30)25(36)14-18-3-6-20(32)7-4-18/h3-8,13,16-17H,9-12,14-15H2,1-2H3. The van der Waals surface area contributed by atoms with E-state index < -0.39 is 5.41 Å². The Labute approximate surface area is 240 Å². The summed E-state index contributed by atoms with van der Waals surface area (Å²) in [5.74, 6) is 0.420. The monoisotopic (exact) mass is 579 g/mol. The maximum Gasteiger partial charge on any atom is 0.257 e. The van der Waals surface area contributed by atoms with Gasteiger partial charge in [0.25, 0.3) is 5.88 Å². The zero-order valence-electron chi connectivity index (χ0n) is 22.5. The summed E-state index contributed by atoms with van der Waals surface area (Å²) in [5.41, 5.74) is 1.15. The molecule has 1 saturated carbocycles. The number of carbonyl (C=O) groups excluding carboxylic acids is 2. The SMILES string of the molecule is COCCOc1cc2ncnc(Oc3ccc(CC(=O)C4(C(=O)Cc5ccc(F)cc5)CC4)cc3Cl)c2nc1OC. The van der Waals surface area contributed by atoms with Gasteiger partial charge in [-0.2, -0.15) is 4.98 Å². The maximum absolute atomic E-state index is 13.2. The Morgan fingerprint density at radius 2 is 1.61 bits per heavy atom. The molecular weight excluding hydrogens is 553 g/mol. The van der Waals surface area contributed by atoms with Crippen LogP contribution in [0, 0.1) is 11.2 Å². The van der Waals surface area contributed by atoms with Crippen molar-refractivity contribution in [1.82, 2.24) is 15.0 Å². The van der Waals surface area contributed by atoms with Crippen LogP contribution in [0.3, 0.4) is 0 Å². The molecule has 2 aromatic carbocycles. The Morgan fingerprint density at radius 3 is 2.27 bits per heavy atom. The van der Waals surface area contributed by atoms with Gasteiger partial charge in [0, 0.05) is 26.0 Å². The number of aromatic nitrogens is 3. The number of Topliss-reactive ketones (excluding diaryl/α,β-unsaturated/α-hetero) is 2. The van der Waals surface area contributed by atoms with Crippen molar-refractivity contribution >= 4 is 34.2 Å². The average molecular weight is 580 g/mol. The number of hydrogen-bond donors (Lipinski definition) is 0. The van der Waals surface area contributed by atoms with Crippen LogP contribution in [-0.2, 0) is 27.2 Å². The molecular formula is C30H27ClFN3O6. The number of halogens is 2. The van der Waals surface area contributed by atoms with Gasteiger partial charge >= 0.3 is 0 Å². The Hall–Kier alpha value is -4.15. The first-order chi connectivity index (χ1) is 19.8. The van der Waals surface area contributed by atoms with Crippen LogP contribution in [0.4, 0.5) is 4.39 Å². The molecule has 0 bridgehead atoms. The van der Waals surface area contributed by atoms with Crippen LogP contribution >= 0.6 is 11.6 Å². The molecule has 0 unspecified atom stereocenters. The second-order valence-corrected chi connectivity index (χ2v) is 10.1. The second kappa shape index (κ2) is 12.2. The van der Waals surface area contributed by atoms with Crippen LogP contribution in [-0.4, -0.2) is 54.0 Å². The number of pyridine rings is 1. The molecule has 0 N–H and O–H groups in total. The number of ketones is 2. The lowest BCUT2D eigenvalue weighted by Gasteiger charge is -2.14. The normalized spacial score (nSPS) is 13.6. The fourth-order valence-electron chi connectivity index (χ4n) is 4.48. The van der Waals surface area contributed by atoms with E-state index in [0.29, 0.717) is 59.7 Å². The van der Waals surface area contributed by atoms with Crippen LogP contribution in [0.15, 0.2) is 54.9 Å². The largest absolute Gasteiger partial charge is 0.485 e. The smallest absolute Gasteiger partial charge is 0.257 e. The van der Waals surface area contributed by atoms with E-state index in [1.54, 1.807) is 43.5 Å². The van der Waals surface area contributed by atoms with Crippen molar-refractivity contribution in [3.8, 4) is 23.3 Å². The summed E-state index contributed by atoms with van der Waals surface area (Å²) >= 11 is 6.53. The molecule has 0 radical (unpaired) electrons. The Kier molecular flexibility index (Phi) is 8.41. The first kappa shape index (κ1) is 28.4. The molecule has 5 rings (SSSR count). The molecule has 9 nitrogen and oxygen atoms in total. The van der Waals surface area contributed by atoms with E-state index in [4.69, 9.17) is 30.5 Å². The predicted molar refractivity (Wildman–Crippen MR) is 148 cm³/mol. The molecule has 41 heavy (non-hydrogen) atoms. The minimum atomic E-state index is -0.993. The molecule has 0 saturated heterocycles. The van der Waals surface area contributed by atoms with Crippen molar-refractivity contribution in [2.45, 2.75) is 25.7 Å². The van der Waals surface area contributed by atoms with Gasteiger partial charge in [-0.25, -0.2) is 14.4 Å². The van der Waals surface area contributed by atoms with Crippen LogP contribution in [0.1, 0.15) is 24.0 Å². The van der Waals surface area contributed by atoms with Gasteiger partial charge in [-0.3, -0.25) is 9.59 Å². The van der Waals surface area contributed by atoms with Gasteiger partial charge in [-0.15, -0.1) is 0 Å². The lowest BCUT2D eigenvalue weighted by molar-refractivity contribution is -0.133. The number of carbonyl (C=O) groups is 2. The third-order valence-corrected chi connectivity index (χ3v) is 7.21. The van der Waals surface area contributed by atoms with Crippen molar-refractivity contribution < 1.29 is 32.9 Å². The molecule has 2 aromatic heterocycles. The van der Waals surface area contributed by atoms with Crippen LogP contribution in [0.2, 0.25) is 5.02 Å². The summed E-state index contributed by atoms with van der Waals surface area (Å²) in [6.07, 6.45) is 2.50. The molecule has 1 aliphatic carbocycles. The van der Waals surface area contributed by atoms with Gasteiger partial charge in [0.1, 0.15) is 30.0 Å². The fraction of sp³-hybridized carbons (Fsp3) is 0.300. The zero-order valence-corrected chi connectivity index (χ0v) is 23.2. The molecule has 212 valence electrons. The third kappa shape index (κ3) is 6.28. The van der Waals surface area contributed by atoms with Crippen molar-refractivity contribution in [3.05, 3.63) is 76.8 Å². The van der Waals surface area contributed by atoms with E-state index in [9.17, 15) is 14.0 Å². The Bertz CT molecular complexity index is 1590. The van der Waals surface area contributed by atoms with Gasteiger partial charge < -0.3 is 18.9 Å². The first-order valence-corrected chi connectivity index (χ1v) is 13.3. The molecule has 0 atom stereocenters. The summed E-state index contributed by atoms with van der Waals surface area (Å²) in [5, 5.41) is 0.260. The van der Waals surface area contributed by atoms with Gasteiger partial charge in [0.05, 0.1) is 24.2 Å². The number of benzene rings is 2. The van der Waals surface area contributed by atoms with Gasteiger partial charge in [0.15, 0.2) is 22.8 Å². The summed E-state index contributed by atoms with van der Waals surface area (Å²) in [7, 11) is 3.05. The van der Waals surface area contributed by atoms with Crippen LogP contribution in [0.25, 0.3) is 11.0 Å². The molecule has 11 heteroatoms. The maximum atomic E-state index is 13.2. The Morgan fingerprint density at radius 1 is 0.902 bits per heavy atom. The van der Waals surface area contributed by atoms with Crippen molar-refractivity contribution in [1.29, 1.82) is 0 Å². The molecule has 1 fully saturated rings. The quantitative estimate of drug-likeness (QED) is 0.153. The Balaban J connectivity index is 1.29. The van der Waals surface area contributed by atoms with Gasteiger partial charge in [-0.1, -0.05) is 29.8 Å². The van der Waals surface area contributed by atoms with E-state index in [2.05, 4.69) is 15.0 Å². The topological polar surface area (TPSA) is 110 Å². The highest BCUT2D eigenvalue weighted by atomic mass is 35.5. The molecule has 0 spiro atoms. The van der Waals surface area contributed by atoms with Crippen molar-refractivity contribution in [2.75, 3.05) is 27.4 Å². The highest BCUT2D eigenvalue weighted by Gasteiger charge is 2.54. The van der Waals surface area contributed by atoms with Crippen LogP contribution < -0.4 is 14.2 Å². The highest BCUT2D eigenvalue weighted by molar-refractivity contribution is 6.32. The minimum Gasteiger partial charge on any atom is -0.485 e. The fourth-order valence-corrected chi connectivity index (χ4v) is 4.72. The van der Waals surface area contributed by atoms with Gasteiger partial charge in [-0.05, 0) is 48.2 Å². The predicted octanol–water partition coefficient (Wildman–Crippen LogP) is 5.35. The summed E-state index contributed by atoms with van der Waals surface area (Å²) in [4.78, 5) is 39.1. The molecule has 0 aliphatic heterocycles. The number of ether oxygens (including phenoxy) is 4. The minimum absolute atomic E-state index is 0.0518. The van der Waals surface area contributed by atoms with E-state index >= 15 is 0 Å². The summed E-state index contributed by atoms with van der Waals surface area (Å²) in [6, 6.07) is 12.4. The number of rotatable bonds is 13. The van der Waals surface area contributed by atoms with Crippen LogP contribution in [0.5, 0.6) is 23.3 Å². The van der Waals surface area contributed by atoms with E-state index in [-0.39, 0.29) is 47.0 Å². The lowest BCUT2D eigenvalue weighted by Crippen LogP contribution is -2.28. The lowest BCUT2D eigenvalue weighted by atomic mass is 9.88. The second-order valence-electron chi connectivity index (χ2n) is 9.66. The number of methoxy groups -OCH3 is 2. The molecule has 4 aromatic rings. The summed E-state index contributed by atoms with van der Waals surface area (Å²) in [6.45, 7) is 0.704. The number of hydrogen-bond acceptors (Lipinski definition) is 9. The molecule has 1 aliphatic rings. The van der Waals surface area contributed by atoms with E-state index in [0.717, 1.165) is 0 Å². The van der Waals surface area contributed by atoms with Gasteiger partial charge in [0.2, 0.25) is 5.88 Å². The summed E-state index contributed by atoms with van der Waals surface area (Å²) < 4.78 is 35.3.